The highest BCUT2D eigenvalue weighted by Crippen LogP contribution is 2.25. The Hall–Kier alpha value is -1.01. The number of rotatable bonds is 2. The number of halogens is 1. The molecule has 0 fully saturated rings. The summed E-state index contributed by atoms with van der Waals surface area (Å²) in [6.07, 6.45) is 6.62. The first-order chi connectivity index (χ1) is 6.15. The zero-order chi connectivity index (χ0) is 9.84. The molecule has 0 bridgehead atoms. The van der Waals surface area contributed by atoms with Crippen LogP contribution < -0.4 is 4.74 Å². The molecule has 0 aliphatic heterocycles. The van der Waals surface area contributed by atoms with Gasteiger partial charge in [-0.15, -0.1) is 6.42 Å². The monoisotopic (exact) mass is 239 g/mol. The average molecular weight is 240 g/mol. The number of aryl methyl sites for hydroxylation is 1. The molecule has 68 valence electrons. The third kappa shape index (κ3) is 2.46. The van der Waals surface area contributed by atoms with E-state index in [1.54, 1.807) is 13.1 Å². The van der Waals surface area contributed by atoms with Gasteiger partial charge < -0.3 is 4.74 Å². The van der Waals surface area contributed by atoms with E-state index in [9.17, 15) is 0 Å². The molecule has 0 radical (unpaired) electrons. The molecule has 1 rings (SSSR count). The second kappa shape index (κ2) is 4.29. The van der Waals surface area contributed by atoms with Crippen LogP contribution in [-0.4, -0.2) is 11.1 Å². The molecule has 1 atom stereocenters. The minimum Gasteiger partial charge on any atom is -0.461 e. The normalized spacial score (nSPS) is 11.8. The van der Waals surface area contributed by atoms with Gasteiger partial charge >= 0.3 is 0 Å². The first-order valence-electron chi connectivity index (χ1n) is 3.89. The molecule has 0 amide bonds. The molecule has 2 nitrogen and oxygen atoms in total. The lowest BCUT2D eigenvalue weighted by atomic mass is 10.3. The van der Waals surface area contributed by atoms with Crippen molar-refractivity contribution in [2.24, 2.45) is 0 Å². The molecule has 1 aromatic rings. The zero-order valence-corrected chi connectivity index (χ0v) is 9.13. The number of aromatic nitrogens is 1. The highest BCUT2D eigenvalue weighted by molar-refractivity contribution is 9.10. The topological polar surface area (TPSA) is 22.1 Å². The molecule has 3 heteroatoms. The van der Waals surface area contributed by atoms with Crippen LogP contribution in [0.1, 0.15) is 12.5 Å². The fourth-order valence-corrected chi connectivity index (χ4v) is 1.13. The van der Waals surface area contributed by atoms with Crippen molar-refractivity contribution in [1.82, 2.24) is 4.98 Å². The van der Waals surface area contributed by atoms with Crippen LogP contribution >= 0.6 is 15.9 Å². The van der Waals surface area contributed by atoms with Gasteiger partial charge in [0.15, 0.2) is 6.10 Å². The van der Waals surface area contributed by atoms with Crippen LogP contribution in [0.25, 0.3) is 0 Å². The van der Waals surface area contributed by atoms with Crippen molar-refractivity contribution < 1.29 is 4.74 Å². The van der Waals surface area contributed by atoms with Gasteiger partial charge in [0.25, 0.3) is 0 Å². The molecule has 0 N–H and O–H groups in total. The van der Waals surface area contributed by atoms with E-state index in [0.29, 0.717) is 5.88 Å². The minimum absolute atomic E-state index is 0.259. The second-order valence-corrected chi connectivity index (χ2v) is 3.47. The van der Waals surface area contributed by atoms with Gasteiger partial charge in [-0.1, -0.05) is 5.92 Å². The van der Waals surface area contributed by atoms with Crippen LogP contribution in [0.3, 0.4) is 0 Å². The lowest BCUT2D eigenvalue weighted by Gasteiger charge is -2.10. The Morgan fingerprint density at radius 2 is 2.38 bits per heavy atom. The molecule has 1 heterocycles. The van der Waals surface area contributed by atoms with E-state index in [-0.39, 0.29) is 6.10 Å². The van der Waals surface area contributed by atoms with Gasteiger partial charge in [0.05, 0.1) is 4.47 Å². The summed E-state index contributed by atoms with van der Waals surface area (Å²) in [5.41, 5.74) is 1.08. The van der Waals surface area contributed by atoms with E-state index in [0.717, 1.165) is 10.0 Å². The Morgan fingerprint density at radius 3 is 3.00 bits per heavy atom. The fraction of sp³-hybridized carbons (Fsp3) is 0.300. The molecular weight excluding hydrogens is 230 g/mol. The maximum absolute atomic E-state index is 5.38. The van der Waals surface area contributed by atoms with Gasteiger partial charge in [0, 0.05) is 6.20 Å². The Labute approximate surface area is 86.5 Å². The Morgan fingerprint density at radius 1 is 1.69 bits per heavy atom. The lowest BCUT2D eigenvalue weighted by molar-refractivity contribution is 0.266. The summed E-state index contributed by atoms with van der Waals surface area (Å²) in [6, 6.07) is 1.90. The van der Waals surface area contributed by atoms with E-state index in [1.807, 2.05) is 13.0 Å². The summed E-state index contributed by atoms with van der Waals surface area (Å²) in [4.78, 5) is 4.06. The van der Waals surface area contributed by atoms with E-state index in [4.69, 9.17) is 11.2 Å². The maximum atomic E-state index is 5.38. The van der Waals surface area contributed by atoms with Crippen molar-refractivity contribution in [1.29, 1.82) is 0 Å². The smallest absolute Gasteiger partial charge is 0.229 e. The third-order valence-electron chi connectivity index (χ3n) is 1.57. The standard InChI is InChI=1S/C10H10BrNO/c1-4-8(3)13-10-9(11)7(2)5-6-12-10/h1,5-6,8H,2-3H3. The van der Waals surface area contributed by atoms with E-state index < -0.39 is 0 Å². The van der Waals surface area contributed by atoms with Gasteiger partial charge in [-0.2, -0.15) is 0 Å². The molecular formula is C10H10BrNO. The van der Waals surface area contributed by atoms with Gasteiger partial charge in [0.2, 0.25) is 5.88 Å². The summed E-state index contributed by atoms with van der Waals surface area (Å²) in [7, 11) is 0. The van der Waals surface area contributed by atoms with E-state index in [2.05, 4.69) is 26.8 Å². The summed E-state index contributed by atoms with van der Waals surface area (Å²) in [5, 5.41) is 0. The van der Waals surface area contributed by atoms with Gasteiger partial charge in [0.1, 0.15) is 0 Å². The highest BCUT2D eigenvalue weighted by Gasteiger charge is 2.07. The van der Waals surface area contributed by atoms with Crippen molar-refractivity contribution in [2.45, 2.75) is 20.0 Å². The maximum Gasteiger partial charge on any atom is 0.229 e. The molecule has 0 spiro atoms. The molecule has 0 saturated carbocycles. The Bertz CT molecular complexity index is 343. The molecule has 13 heavy (non-hydrogen) atoms. The summed E-state index contributed by atoms with van der Waals surface area (Å²) < 4.78 is 6.24. The summed E-state index contributed by atoms with van der Waals surface area (Å²) in [6.45, 7) is 3.77. The number of hydrogen-bond acceptors (Lipinski definition) is 2. The molecule has 0 aliphatic rings. The summed E-state index contributed by atoms with van der Waals surface area (Å²) in [5.74, 6) is 3.02. The first kappa shape index (κ1) is 10.1. The van der Waals surface area contributed by atoms with Crippen molar-refractivity contribution >= 4 is 15.9 Å². The average Bonchev–Trinajstić information content (AvgIpc) is 2.13. The summed E-state index contributed by atoms with van der Waals surface area (Å²) >= 11 is 3.38. The van der Waals surface area contributed by atoms with Crippen LogP contribution in [-0.2, 0) is 0 Å². The predicted molar refractivity (Wildman–Crippen MR) is 55.6 cm³/mol. The van der Waals surface area contributed by atoms with Crippen LogP contribution in [0.4, 0.5) is 0 Å². The molecule has 0 aromatic carbocycles. The largest absolute Gasteiger partial charge is 0.461 e. The lowest BCUT2D eigenvalue weighted by Crippen LogP contribution is -2.09. The van der Waals surface area contributed by atoms with Crippen LogP contribution in [0, 0.1) is 19.3 Å². The van der Waals surface area contributed by atoms with Crippen molar-refractivity contribution in [2.75, 3.05) is 0 Å². The Balaban J connectivity index is 2.90. The second-order valence-electron chi connectivity index (χ2n) is 2.67. The van der Waals surface area contributed by atoms with Crippen molar-refractivity contribution in [3.63, 3.8) is 0 Å². The number of ether oxygens (including phenoxy) is 1. The number of pyridine rings is 1. The van der Waals surface area contributed by atoms with E-state index in [1.165, 1.54) is 0 Å². The fourth-order valence-electron chi connectivity index (χ4n) is 0.799. The zero-order valence-electron chi connectivity index (χ0n) is 7.54. The minimum atomic E-state index is -0.259. The van der Waals surface area contributed by atoms with Crippen molar-refractivity contribution in [3.05, 3.63) is 22.3 Å². The first-order valence-corrected chi connectivity index (χ1v) is 4.68. The Kier molecular flexibility index (Phi) is 3.32. The third-order valence-corrected chi connectivity index (χ3v) is 2.54. The van der Waals surface area contributed by atoms with Crippen molar-refractivity contribution in [3.8, 4) is 18.2 Å². The molecule has 1 aromatic heterocycles. The molecule has 1 unspecified atom stereocenters. The number of hydrogen-bond donors (Lipinski definition) is 0. The van der Waals surface area contributed by atoms with Gasteiger partial charge in [-0.25, -0.2) is 4.98 Å². The quantitative estimate of drug-likeness (QED) is 0.741. The van der Waals surface area contributed by atoms with Crippen LogP contribution in [0.2, 0.25) is 0 Å². The van der Waals surface area contributed by atoms with E-state index >= 15 is 0 Å². The SMILES string of the molecule is C#CC(C)Oc1nccc(C)c1Br. The van der Waals surface area contributed by atoms with Crippen LogP contribution in [0.15, 0.2) is 16.7 Å². The van der Waals surface area contributed by atoms with Gasteiger partial charge in [-0.3, -0.25) is 0 Å². The number of nitrogens with zero attached hydrogens (tertiary/aromatic N) is 1. The molecule has 0 saturated heterocycles. The highest BCUT2D eigenvalue weighted by atomic mass is 79.9. The predicted octanol–water partition coefficient (Wildman–Crippen LogP) is 2.55. The molecule has 0 aliphatic carbocycles. The van der Waals surface area contributed by atoms with Crippen LogP contribution in [0.5, 0.6) is 5.88 Å². The van der Waals surface area contributed by atoms with Gasteiger partial charge in [-0.05, 0) is 41.4 Å². The number of terminal acetylenes is 1.